The van der Waals surface area contributed by atoms with E-state index in [0.717, 1.165) is 12.1 Å². The number of nitro groups is 1. The molecular formula is C14H12F2N2O2. The van der Waals surface area contributed by atoms with Gasteiger partial charge in [-0.2, -0.15) is 0 Å². The molecule has 0 spiro atoms. The molecule has 1 N–H and O–H groups in total. The third-order valence-electron chi connectivity index (χ3n) is 2.90. The highest BCUT2D eigenvalue weighted by molar-refractivity contribution is 5.50. The highest BCUT2D eigenvalue weighted by atomic mass is 19.2. The van der Waals surface area contributed by atoms with Gasteiger partial charge in [-0.3, -0.25) is 10.1 Å². The molecule has 4 nitrogen and oxygen atoms in total. The monoisotopic (exact) mass is 278 g/mol. The summed E-state index contributed by atoms with van der Waals surface area (Å²) in [5, 5.41) is 13.6. The summed E-state index contributed by atoms with van der Waals surface area (Å²) in [6.45, 7) is 1.79. The highest BCUT2D eigenvalue weighted by Gasteiger charge is 2.10. The molecule has 0 saturated carbocycles. The predicted molar refractivity (Wildman–Crippen MR) is 71.5 cm³/mol. The van der Waals surface area contributed by atoms with Crippen molar-refractivity contribution in [1.29, 1.82) is 0 Å². The summed E-state index contributed by atoms with van der Waals surface area (Å²) in [6.07, 6.45) is 0. The van der Waals surface area contributed by atoms with Gasteiger partial charge in [0.05, 0.1) is 4.92 Å². The SMILES string of the molecule is CC(Nc1ccc([N+](=O)[O-])cc1)c1ccc(F)c(F)c1. The molecule has 0 aliphatic heterocycles. The molecule has 2 aromatic rings. The summed E-state index contributed by atoms with van der Waals surface area (Å²) in [7, 11) is 0. The fourth-order valence-electron chi connectivity index (χ4n) is 1.79. The molecule has 6 heteroatoms. The van der Waals surface area contributed by atoms with Gasteiger partial charge in [0.25, 0.3) is 5.69 Å². The van der Waals surface area contributed by atoms with Crippen LogP contribution in [0.4, 0.5) is 20.2 Å². The molecule has 0 bridgehead atoms. The van der Waals surface area contributed by atoms with Gasteiger partial charge < -0.3 is 5.32 Å². The number of non-ortho nitro benzene ring substituents is 1. The molecule has 104 valence electrons. The van der Waals surface area contributed by atoms with Gasteiger partial charge in [0, 0.05) is 23.9 Å². The lowest BCUT2D eigenvalue weighted by Gasteiger charge is -2.15. The van der Waals surface area contributed by atoms with Gasteiger partial charge in [0.1, 0.15) is 0 Å². The molecule has 0 aliphatic rings. The minimum atomic E-state index is -0.903. The normalized spacial score (nSPS) is 11.9. The number of hydrogen-bond acceptors (Lipinski definition) is 3. The number of nitrogens with one attached hydrogen (secondary N) is 1. The van der Waals surface area contributed by atoms with E-state index in [1.54, 1.807) is 19.1 Å². The van der Waals surface area contributed by atoms with Crippen LogP contribution < -0.4 is 5.32 Å². The summed E-state index contributed by atoms with van der Waals surface area (Å²) >= 11 is 0. The van der Waals surface area contributed by atoms with Gasteiger partial charge in [-0.15, -0.1) is 0 Å². The second-order valence-corrected chi connectivity index (χ2v) is 4.34. The lowest BCUT2D eigenvalue weighted by Crippen LogP contribution is -2.07. The quantitative estimate of drug-likeness (QED) is 0.678. The largest absolute Gasteiger partial charge is 0.379 e. The van der Waals surface area contributed by atoms with Crippen molar-refractivity contribution in [3.63, 3.8) is 0 Å². The Labute approximate surface area is 114 Å². The average Bonchev–Trinajstić information content (AvgIpc) is 2.42. The van der Waals surface area contributed by atoms with E-state index in [1.165, 1.54) is 18.2 Å². The van der Waals surface area contributed by atoms with Crippen LogP contribution in [-0.2, 0) is 0 Å². The fraction of sp³-hybridized carbons (Fsp3) is 0.143. The van der Waals surface area contributed by atoms with Crippen LogP contribution in [0, 0.1) is 21.7 Å². The van der Waals surface area contributed by atoms with Crippen molar-refractivity contribution in [2.75, 3.05) is 5.32 Å². The van der Waals surface area contributed by atoms with Crippen molar-refractivity contribution in [1.82, 2.24) is 0 Å². The molecule has 20 heavy (non-hydrogen) atoms. The maximum absolute atomic E-state index is 13.1. The van der Waals surface area contributed by atoms with Crippen molar-refractivity contribution >= 4 is 11.4 Å². The zero-order valence-corrected chi connectivity index (χ0v) is 10.6. The number of rotatable bonds is 4. The van der Waals surface area contributed by atoms with Crippen molar-refractivity contribution in [3.8, 4) is 0 Å². The van der Waals surface area contributed by atoms with E-state index in [9.17, 15) is 18.9 Å². The second kappa shape index (κ2) is 5.64. The lowest BCUT2D eigenvalue weighted by molar-refractivity contribution is -0.384. The highest BCUT2D eigenvalue weighted by Crippen LogP contribution is 2.22. The van der Waals surface area contributed by atoms with Crippen molar-refractivity contribution in [3.05, 3.63) is 69.8 Å². The molecule has 0 aliphatic carbocycles. The molecule has 0 amide bonds. The first-order chi connectivity index (χ1) is 9.47. The van der Waals surface area contributed by atoms with Crippen LogP contribution >= 0.6 is 0 Å². The predicted octanol–water partition coefficient (Wildman–Crippen LogP) is 4.05. The summed E-state index contributed by atoms with van der Waals surface area (Å²) in [4.78, 5) is 10.0. The number of nitro benzene ring substituents is 1. The minimum absolute atomic E-state index is 0.00368. The van der Waals surface area contributed by atoms with Gasteiger partial charge in [-0.1, -0.05) is 6.07 Å². The first-order valence-electron chi connectivity index (χ1n) is 5.93. The first-order valence-corrected chi connectivity index (χ1v) is 5.93. The van der Waals surface area contributed by atoms with Gasteiger partial charge in [0.2, 0.25) is 0 Å². The van der Waals surface area contributed by atoms with E-state index in [-0.39, 0.29) is 11.7 Å². The second-order valence-electron chi connectivity index (χ2n) is 4.34. The van der Waals surface area contributed by atoms with E-state index >= 15 is 0 Å². The third-order valence-corrected chi connectivity index (χ3v) is 2.90. The van der Waals surface area contributed by atoms with Gasteiger partial charge >= 0.3 is 0 Å². The summed E-state index contributed by atoms with van der Waals surface area (Å²) in [5.41, 5.74) is 1.24. The first kappa shape index (κ1) is 13.9. The van der Waals surface area contributed by atoms with Crippen molar-refractivity contribution in [2.24, 2.45) is 0 Å². The fourth-order valence-corrected chi connectivity index (χ4v) is 1.79. The summed E-state index contributed by atoms with van der Waals surface area (Å²) in [5.74, 6) is -1.80. The van der Waals surface area contributed by atoms with Crippen LogP contribution in [-0.4, -0.2) is 4.92 Å². The number of anilines is 1. The zero-order chi connectivity index (χ0) is 14.7. The lowest BCUT2D eigenvalue weighted by atomic mass is 10.1. The number of benzene rings is 2. The van der Waals surface area contributed by atoms with Crippen LogP contribution in [0.2, 0.25) is 0 Å². The van der Waals surface area contributed by atoms with E-state index < -0.39 is 16.6 Å². The van der Waals surface area contributed by atoms with Gasteiger partial charge in [-0.25, -0.2) is 8.78 Å². The smallest absolute Gasteiger partial charge is 0.269 e. The molecule has 0 heterocycles. The van der Waals surface area contributed by atoms with Gasteiger partial charge in [0.15, 0.2) is 11.6 Å². The molecule has 1 unspecified atom stereocenters. The Morgan fingerprint density at radius 2 is 1.75 bits per heavy atom. The Balaban J connectivity index is 2.12. The molecule has 0 aromatic heterocycles. The Bertz CT molecular complexity index is 630. The van der Waals surface area contributed by atoms with Crippen molar-refractivity contribution in [2.45, 2.75) is 13.0 Å². The van der Waals surface area contributed by atoms with E-state index in [1.807, 2.05) is 0 Å². The Kier molecular flexibility index (Phi) is 3.93. The average molecular weight is 278 g/mol. The van der Waals surface area contributed by atoms with Crippen LogP contribution in [0.1, 0.15) is 18.5 Å². The summed E-state index contributed by atoms with van der Waals surface area (Å²) < 4.78 is 26.0. The number of nitrogens with zero attached hydrogens (tertiary/aromatic N) is 1. The maximum atomic E-state index is 13.1. The Morgan fingerprint density at radius 1 is 1.10 bits per heavy atom. The van der Waals surface area contributed by atoms with Crippen LogP contribution in [0.15, 0.2) is 42.5 Å². The molecule has 2 aromatic carbocycles. The molecule has 0 fully saturated rings. The molecule has 0 radical (unpaired) electrons. The van der Waals surface area contributed by atoms with E-state index in [0.29, 0.717) is 11.3 Å². The maximum Gasteiger partial charge on any atom is 0.269 e. The Morgan fingerprint density at radius 3 is 2.30 bits per heavy atom. The molecule has 1 atom stereocenters. The Hall–Kier alpha value is -2.50. The zero-order valence-electron chi connectivity index (χ0n) is 10.6. The topological polar surface area (TPSA) is 55.2 Å². The third kappa shape index (κ3) is 3.09. The minimum Gasteiger partial charge on any atom is -0.379 e. The number of hydrogen-bond donors (Lipinski definition) is 1. The van der Waals surface area contributed by atoms with Crippen LogP contribution in [0.5, 0.6) is 0 Å². The van der Waals surface area contributed by atoms with Gasteiger partial charge in [-0.05, 0) is 36.8 Å². The molecule has 0 saturated heterocycles. The number of halogens is 2. The molecular weight excluding hydrogens is 266 g/mol. The van der Waals surface area contributed by atoms with Crippen molar-refractivity contribution < 1.29 is 13.7 Å². The van der Waals surface area contributed by atoms with Crippen LogP contribution in [0.3, 0.4) is 0 Å². The standard InChI is InChI=1S/C14H12F2N2O2/c1-9(10-2-7-13(15)14(16)8-10)17-11-3-5-12(6-4-11)18(19)20/h2-9,17H,1H3. The van der Waals surface area contributed by atoms with E-state index in [2.05, 4.69) is 5.32 Å². The van der Waals surface area contributed by atoms with Crippen LogP contribution in [0.25, 0.3) is 0 Å². The van der Waals surface area contributed by atoms with E-state index in [4.69, 9.17) is 0 Å². The molecule has 2 rings (SSSR count). The summed E-state index contributed by atoms with van der Waals surface area (Å²) in [6, 6.07) is 9.30.